The number of aromatic carboxylic acids is 1. The number of anilines is 1. The normalized spacial score (nSPS) is 10.9. The summed E-state index contributed by atoms with van der Waals surface area (Å²) in [5, 5.41) is 12.0. The molecule has 1 amide bonds. The van der Waals surface area contributed by atoms with Gasteiger partial charge in [-0.25, -0.2) is 9.78 Å². The van der Waals surface area contributed by atoms with Crippen LogP contribution in [0.1, 0.15) is 53.3 Å². The molecule has 0 spiro atoms. The lowest BCUT2D eigenvalue weighted by Crippen LogP contribution is -2.16. The molecule has 0 atom stereocenters. The van der Waals surface area contributed by atoms with Gasteiger partial charge >= 0.3 is 5.97 Å². The Morgan fingerprint density at radius 1 is 1.11 bits per heavy atom. The molecular weight excluding hydrogens is 392 g/mol. The molecule has 0 saturated carbocycles. The largest absolute Gasteiger partial charge is 0.478 e. The van der Waals surface area contributed by atoms with Gasteiger partial charge in [-0.05, 0) is 36.8 Å². The number of hydrogen-bond donors (Lipinski definition) is 2. The zero-order valence-corrected chi connectivity index (χ0v) is 17.2. The molecule has 2 N–H and O–H groups in total. The van der Waals surface area contributed by atoms with Crippen LogP contribution in [0.4, 0.5) is 5.69 Å². The van der Waals surface area contributed by atoms with Gasteiger partial charge < -0.3 is 10.4 Å². The molecule has 0 unspecified atom stereocenters. The second-order valence-electron chi connectivity index (χ2n) is 6.38. The number of rotatable bonds is 9. The molecular formula is C21H22N2O3S2. The molecule has 2 aromatic carbocycles. The maximum Gasteiger partial charge on any atom is 0.336 e. The van der Waals surface area contributed by atoms with Gasteiger partial charge in [0.25, 0.3) is 5.91 Å². The van der Waals surface area contributed by atoms with Crippen LogP contribution in [0.5, 0.6) is 0 Å². The zero-order chi connectivity index (χ0) is 19.9. The van der Waals surface area contributed by atoms with Crippen molar-refractivity contribution in [3.05, 3.63) is 53.6 Å². The van der Waals surface area contributed by atoms with E-state index in [0.29, 0.717) is 5.69 Å². The molecule has 3 aromatic rings. The number of carboxylic acids is 1. The first-order valence-electron chi connectivity index (χ1n) is 9.25. The summed E-state index contributed by atoms with van der Waals surface area (Å²) in [5.74, 6) is -0.494. The minimum absolute atomic E-state index is 0.0133. The topological polar surface area (TPSA) is 79.3 Å². The molecule has 7 heteroatoms. The minimum atomic E-state index is -1.12. The quantitative estimate of drug-likeness (QED) is 0.336. The summed E-state index contributed by atoms with van der Waals surface area (Å²) in [6.07, 6.45) is 4.95. The number of amides is 1. The molecule has 1 aromatic heterocycles. The monoisotopic (exact) mass is 414 g/mol. The lowest BCUT2D eigenvalue weighted by molar-refractivity contribution is 0.0692. The Kier molecular flexibility index (Phi) is 7.06. The van der Waals surface area contributed by atoms with Gasteiger partial charge in [-0.2, -0.15) is 0 Å². The average molecular weight is 415 g/mol. The first-order valence-corrected chi connectivity index (χ1v) is 11.1. The molecule has 0 radical (unpaired) electrons. The fourth-order valence-corrected chi connectivity index (χ4v) is 4.97. The lowest BCUT2D eigenvalue weighted by Gasteiger charge is -2.07. The summed E-state index contributed by atoms with van der Waals surface area (Å²) in [6.45, 7) is 2.21. The number of carbonyl (C=O) groups is 2. The first-order chi connectivity index (χ1) is 13.6. The van der Waals surface area contributed by atoms with Crippen molar-refractivity contribution < 1.29 is 14.7 Å². The molecule has 0 aliphatic carbocycles. The number of nitrogens with one attached hydrogen (secondary N) is 1. The summed E-state index contributed by atoms with van der Waals surface area (Å²) in [5.41, 5.74) is 1.66. The van der Waals surface area contributed by atoms with Gasteiger partial charge in [0.2, 0.25) is 0 Å². The van der Waals surface area contributed by atoms with Crippen LogP contribution < -0.4 is 5.32 Å². The summed E-state index contributed by atoms with van der Waals surface area (Å²) < 4.78 is 2.03. The molecule has 0 aliphatic heterocycles. The smallest absolute Gasteiger partial charge is 0.336 e. The van der Waals surface area contributed by atoms with E-state index in [1.807, 2.05) is 12.1 Å². The number of thiazole rings is 1. The van der Waals surface area contributed by atoms with Crippen molar-refractivity contribution in [3.63, 3.8) is 0 Å². The molecule has 0 aliphatic rings. The highest BCUT2D eigenvalue weighted by atomic mass is 32.2. The number of carboxylic acid groups (broad SMARTS) is 1. The van der Waals surface area contributed by atoms with E-state index < -0.39 is 11.9 Å². The number of nitrogens with zero attached hydrogens (tertiary/aromatic N) is 1. The number of aromatic nitrogens is 1. The van der Waals surface area contributed by atoms with Gasteiger partial charge in [-0.3, -0.25) is 4.79 Å². The molecule has 5 nitrogen and oxygen atoms in total. The summed E-state index contributed by atoms with van der Waals surface area (Å²) in [6, 6.07) is 11.7. The van der Waals surface area contributed by atoms with Crippen LogP contribution in [0.15, 0.2) is 46.8 Å². The predicted octanol–water partition coefficient (Wildman–Crippen LogP) is 5.92. The maximum absolute atomic E-state index is 12.5. The van der Waals surface area contributed by atoms with Crippen molar-refractivity contribution in [1.82, 2.24) is 4.98 Å². The van der Waals surface area contributed by atoms with E-state index in [1.54, 1.807) is 41.3 Å². The van der Waals surface area contributed by atoms with E-state index in [2.05, 4.69) is 17.2 Å². The Morgan fingerprint density at radius 2 is 1.89 bits per heavy atom. The third kappa shape index (κ3) is 5.11. The SMILES string of the molecule is CCCCCCSc1nc2ccc(NC(=O)c3ccccc3C(=O)O)cc2s1. The Hall–Kier alpha value is -2.38. The molecule has 0 bridgehead atoms. The van der Waals surface area contributed by atoms with Crippen molar-refractivity contribution in [2.75, 3.05) is 11.1 Å². The third-order valence-corrected chi connectivity index (χ3v) is 6.50. The van der Waals surface area contributed by atoms with Crippen molar-refractivity contribution in [2.45, 2.75) is 36.9 Å². The van der Waals surface area contributed by atoms with Gasteiger partial charge in [0.05, 0.1) is 21.3 Å². The van der Waals surface area contributed by atoms with E-state index in [0.717, 1.165) is 20.3 Å². The number of benzene rings is 2. The Labute approximate surface area is 172 Å². The second-order valence-corrected chi connectivity index (χ2v) is 8.75. The van der Waals surface area contributed by atoms with Crippen molar-refractivity contribution in [1.29, 1.82) is 0 Å². The Bertz CT molecular complexity index is 985. The summed E-state index contributed by atoms with van der Waals surface area (Å²) >= 11 is 3.39. The number of fused-ring (bicyclic) bond motifs is 1. The van der Waals surface area contributed by atoms with Crippen LogP contribution in [0, 0.1) is 0 Å². The lowest BCUT2D eigenvalue weighted by atomic mass is 10.1. The van der Waals surface area contributed by atoms with Crippen LogP contribution >= 0.6 is 23.1 Å². The highest BCUT2D eigenvalue weighted by Crippen LogP contribution is 2.32. The summed E-state index contributed by atoms with van der Waals surface area (Å²) in [7, 11) is 0. The second kappa shape index (κ2) is 9.71. The van der Waals surface area contributed by atoms with Crippen LogP contribution in [0.3, 0.4) is 0 Å². The first kappa shape index (κ1) is 20.4. The summed E-state index contributed by atoms with van der Waals surface area (Å²) in [4.78, 5) is 28.5. The van der Waals surface area contributed by atoms with Gasteiger partial charge in [0.1, 0.15) is 0 Å². The highest BCUT2D eigenvalue weighted by molar-refractivity contribution is 8.01. The zero-order valence-electron chi connectivity index (χ0n) is 15.6. The van der Waals surface area contributed by atoms with E-state index in [-0.39, 0.29) is 11.1 Å². The van der Waals surface area contributed by atoms with Crippen molar-refractivity contribution in [3.8, 4) is 0 Å². The fraction of sp³-hybridized carbons (Fsp3) is 0.286. The van der Waals surface area contributed by atoms with Crippen LogP contribution in [0.25, 0.3) is 10.2 Å². The highest BCUT2D eigenvalue weighted by Gasteiger charge is 2.16. The third-order valence-electron chi connectivity index (χ3n) is 4.25. The molecule has 0 fully saturated rings. The van der Waals surface area contributed by atoms with Gasteiger partial charge in [0.15, 0.2) is 4.34 Å². The van der Waals surface area contributed by atoms with Gasteiger partial charge in [0, 0.05) is 11.4 Å². The van der Waals surface area contributed by atoms with Crippen LogP contribution in [0.2, 0.25) is 0 Å². The molecule has 1 heterocycles. The van der Waals surface area contributed by atoms with Crippen LogP contribution in [-0.2, 0) is 0 Å². The van der Waals surface area contributed by atoms with Gasteiger partial charge in [-0.15, -0.1) is 11.3 Å². The van der Waals surface area contributed by atoms with E-state index >= 15 is 0 Å². The Morgan fingerprint density at radius 3 is 2.64 bits per heavy atom. The molecule has 28 heavy (non-hydrogen) atoms. The van der Waals surface area contributed by atoms with Crippen LogP contribution in [-0.4, -0.2) is 27.7 Å². The van der Waals surface area contributed by atoms with E-state index in [4.69, 9.17) is 0 Å². The van der Waals surface area contributed by atoms with E-state index in [9.17, 15) is 14.7 Å². The van der Waals surface area contributed by atoms with Gasteiger partial charge in [-0.1, -0.05) is 50.1 Å². The van der Waals surface area contributed by atoms with Crippen molar-refractivity contribution >= 4 is 50.9 Å². The number of unbranched alkanes of at least 4 members (excludes halogenated alkanes) is 3. The predicted molar refractivity (Wildman–Crippen MR) is 116 cm³/mol. The standard InChI is InChI=1S/C21H22N2O3S2/c1-2-3-4-7-12-27-21-23-17-11-10-14(13-18(17)28-21)22-19(24)15-8-5-6-9-16(15)20(25)26/h5-6,8-11,13H,2-4,7,12H2,1H3,(H,22,24)(H,25,26). The van der Waals surface area contributed by atoms with E-state index in [1.165, 1.54) is 37.8 Å². The number of carbonyl (C=O) groups excluding carboxylic acids is 1. The molecule has 3 rings (SSSR count). The number of thioether (sulfide) groups is 1. The minimum Gasteiger partial charge on any atom is -0.478 e. The Balaban J connectivity index is 1.69. The maximum atomic E-state index is 12.5. The number of hydrogen-bond acceptors (Lipinski definition) is 5. The molecule has 146 valence electrons. The fourth-order valence-electron chi connectivity index (χ4n) is 2.80. The van der Waals surface area contributed by atoms with Crippen molar-refractivity contribution in [2.24, 2.45) is 0 Å². The molecule has 0 saturated heterocycles. The average Bonchev–Trinajstić information content (AvgIpc) is 3.09.